The molecule has 0 aromatic heterocycles. The summed E-state index contributed by atoms with van der Waals surface area (Å²) in [6.45, 7) is 8.06. The van der Waals surface area contributed by atoms with Crippen LogP contribution < -0.4 is 10.6 Å². The molecular weight excluding hydrogens is 541 g/mol. The van der Waals surface area contributed by atoms with Gasteiger partial charge in [-0.05, 0) is 87.8 Å². The summed E-state index contributed by atoms with van der Waals surface area (Å²) in [6.07, 6.45) is -1.80. The zero-order valence-electron chi connectivity index (χ0n) is 23.3. The highest BCUT2D eigenvalue weighted by molar-refractivity contribution is 7.82. The number of thiol groups is 1. The van der Waals surface area contributed by atoms with Gasteiger partial charge in [-0.3, -0.25) is 0 Å². The quantitative estimate of drug-likeness (QED) is 0.153. The van der Waals surface area contributed by atoms with Crippen LogP contribution in [0.5, 0.6) is 0 Å². The first-order chi connectivity index (χ1) is 18.6. The zero-order chi connectivity index (χ0) is 29.8. The van der Waals surface area contributed by atoms with Crippen LogP contribution in [0, 0.1) is 30.4 Å². The van der Waals surface area contributed by atoms with Crippen LogP contribution in [0.25, 0.3) is 11.3 Å². The maximum Gasteiger partial charge on any atom is 0.405 e. The number of alkyl halides is 3. The Labute approximate surface area is 238 Å². The number of anilines is 1. The lowest BCUT2D eigenvalue weighted by Crippen LogP contribution is -2.38. The van der Waals surface area contributed by atoms with E-state index in [1.165, 1.54) is 17.0 Å². The summed E-state index contributed by atoms with van der Waals surface area (Å²) >= 11 is 4.45. The Morgan fingerprint density at radius 1 is 1.12 bits per heavy atom. The van der Waals surface area contributed by atoms with Crippen LogP contribution in [0.3, 0.4) is 0 Å². The van der Waals surface area contributed by atoms with Crippen LogP contribution in [-0.2, 0) is 6.42 Å². The largest absolute Gasteiger partial charge is 0.405 e. The fraction of sp³-hybridized carbons (Fsp3) is 0.387. The summed E-state index contributed by atoms with van der Waals surface area (Å²) in [7, 11) is 0. The van der Waals surface area contributed by atoms with E-state index in [-0.39, 0.29) is 19.4 Å². The molecule has 0 bridgehead atoms. The molecule has 3 nitrogen and oxygen atoms in total. The molecule has 9 heteroatoms. The average molecular weight is 576 g/mol. The molecule has 214 valence electrons. The number of hydrogen-bond acceptors (Lipinski definition) is 4. The molecule has 0 radical (unpaired) electrons. The number of nitrogens with zero attached hydrogens (tertiary/aromatic N) is 2. The lowest BCUT2D eigenvalue weighted by atomic mass is 9.91. The molecule has 40 heavy (non-hydrogen) atoms. The number of aliphatic imine (C=N–C) groups is 1. The Hall–Kier alpha value is -3.25. The third-order valence-corrected chi connectivity index (χ3v) is 6.53. The molecule has 1 aliphatic rings. The van der Waals surface area contributed by atoms with Crippen molar-refractivity contribution < 1.29 is 22.0 Å². The van der Waals surface area contributed by atoms with E-state index in [4.69, 9.17) is 10.7 Å². The first-order valence-electron chi connectivity index (χ1n) is 13.0. The molecular formula is C31H34F5N3S. The van der Waals surface area contributed by atoms with Gasteiger partial charge in [0, 0.05) is 35.1 Å². The molecule has 0 amide bonds. The highest BCUT2D eigenvalue weighted by Crippen LogP contribution is 2.41. The Morgan fingerprint density at radius 2 is 1.77 bits per heavy atom. The predicted molar refractivity (Wildman–Crippen MR) is 157 cm³/mol. The number of fused-ring (bicyclic) bond motifs is 1. The van der Waals surface area contributed by atoms with E-state index in [2.05, 4.69) is 24.5 Å². The number of rotatable bonds is 7. The van der Waals surface area contributed by atoms with Gasteiger partial charge in [-0.25, -0.2) is 13.8 Å². The fourth-order valence-electron chi connectivity index (χ4n) is 4.53. The highest BCUT2D eigenvalue weighted by atomic mass is 32.1. The standard InChI is InChI=1S/C31H34F5N3S/c1-6-24(11-13-30(4,5)40)38-27(10-8-21-15-22(32)17-23(33)16-21)20(3)25-9-7-19(2)28-26(37)12-14-39(29(25)28)18-31(34,35)36/h7,9,12,15-17,40H,6,8,10,14,18,37H2,1-5H3/b27-20+,38-24?. The minimum absolute atomic E-state index is 0.00591. The normalized spacial score (nSPS) is 14.7. The van der Waals surface area contributed by atoms with Crippen LogP contribution in [0.1, 0.15) is 62.8 Å². The van der Waals surface area contributed by atoms with Gasteiger partial charge < -0.3 is 10.6 Å². The monoisotopic (exact) mass is 575 g/mol. The summed E-state index contributed by atoms with van der Waals surface area (Å²) in [4.78, 5) is 6.11. The van der Waals surface area contributed by atoms with Crippen molar-refractivity contribution in [1.82, 2.24) is 0 Å². The lowest BCUT2D eigenvalue weighted by Gasteiger charge is -2.34. The number of aryl methyl sites for hydroxylation is 2. The number of halogens is 5. The van der Waals surface area contributed by atoms with Crippen LogP contribution in [-0.4, -0.2) is 29.7 Å². The van der Waals surface area contributed by atoms with Crippen LogP contribution >= 0.6 is 12.6 Å². The van der Waals surface area contributed by atoms with Crippen molar-refractivity contribution in [2.45, 2.75) is 64.8 Å². The zero-order valence-corrected chi connectivity index (χ0v) is 24.2. The Kier molecular flexibility index (Phi) is 9.78. The minimum Gasteiger partial charge on any atom is -0.398 e. The third-order valence-electron chi connectivity index (χ3n) is 6.42. The molecule has 0 saturated heterocycles. The number of benzene rings is 2. The van der Waals surface area contributed by atoms with Gasteiger partial charge in [-0.1, -0.05) is 25.0 Å². The maximum atomic E-state index is 13.9. The number of hydrogen-bond donors (Lipinski definition) is 2. The number of nitrogens with two attached hydrogens (primary N) is 1. The average Bonchev–Trinajstić information content (AvgIpc) is 2.83. The van der Waals surface area contributed by atoms with Crippen molar-refractivity contribution in [2.24, 2.45) is 10.7 Å². The lowest BCUT2D eigenvalue weighted by molar-refractivity contribution is -0.119. The highest BCUT2D eigenvalue weighted by Gasteiger charge is 2.34. The van der Waals surface area contributed by atoms with Crippen LogP contribution in [0.2, 0.25) is 0 Å². The molecule has 3 rings (SSSR count). The minimum atomic E-state index is -4.43. The third kappa shape index (κ3) is 8.37. The van der Waals surface area contributed by atoms with Crippen molar-refractivity contribution in [3.8, 4) is 11.8 Å². The molecule has 2 N–H and O–H groups in total. The van der Waals surface area contributed by atoms with Gasteiger partial charge in [0.25, 0.3) is 0 Å². The van der Waals surface area contributed by atoms with Gasteiger partial charge in [0.05, 0.1) is 16.1 Å². The molecule has 0 saturated carbocycles. The van der Waals surface area contributed by atoms with E-state index in [1.807, 2.05) is 26.8 Å². The SMILES string of the molecule is CCC(C#CC(C)(C)S)=N/C(CCc1cc(F)cc(F)c1)=C(\C)c1ccc(C)c2c1N(CC(F)(F)F)CC=C2N. The second kappa shape index (κ2) is 12.5. The van der Waals surface area contributed by atoms with Gasteiger partial charge in [0.2, 0.25) is 0 Å². The number of allylic oxidation sites excluding steroid dienone is 2. The molecule has 2 aromatic carbocycles. The van der Waals surface area contributed by atoms with Gasteiger partial charge in [0.1, 0.15) is 18.2 Å². The van der Waals surface area contributed by atoms with Crippen LogP contribution in [0.4, 0.5) is 27.6 Å². The van der Waals surface area contributed by atoms with Gasteiger partial charge in [-0.2, -0.15) is 25.8 Å². The smallest absolute Gasteiger partial charge is 0.398 e. The molecule has 0 atom stereocenters. The van der Waals surface area contributed by atoms with E-state index >= 15 is 0 Å². The van der Waals surface area contributed by atoms with Crippen molar-refractivity contribution in [2.75, 3.05) is 18.0 Å². The maximum absolute atomic E-state index is 13.9. The van der Waals surface area contributed by atoms with Gasteiger partial charge >= 0.3 is 6.18 Å². The van der Waals surface area contributed by atoms with Crippen molar-refractivity contribution in [3.05, 3.63) is 76.0 Å². The first kappa shape index (κ1) is 31.3. The predicted octanol–water partition coefficient (Wildman–Crippen LogP) is 7.88. The fourth-order valence-corrected chi connectivity index (χ4v) is 4.59. The Bertz CT molecular complexity index is 1400. The molecule has 1 heterocycles. The molecule has 0 aliphatic carbocycles. The van der Waals surface area contributed by atoms with E-state index in [0.717, 1.165) is 11.6 Å². The summed E-state index contributed by atoms with van der Waals surface area (Å²) in [5.74, 6) is 4.74. The molecule has 0 fully saturated rings. The summed E-state index contributed by atoms with van der Waals surface area (Å²) < 4.78 is 67.9. The first-order valence-corrected chi connectivity index (χ1v) is 13.4. The molecule has 0 spiro atoms. The van der Waals surface area contributed by atoms with Crippen molar-refractivity contribution in [1.29, 1.82) is 0 Å². The Morgan fingerprint density at radius 3 is 2.35 bits per heavy atom. The second-order valence-corrected chi connectivity index (χ2v) is 11.5. The summed E-state index contributed by atoms with van der Waals surface area (Å²) in [6, 6.07) is 6.92. The van der Waals surface area contributed by atoms with Crippen molar-refractivity contribution in [3.63, 3.8) is 0 Å². The van der Waals surface area contributed by atoms with Crippen LogP contribution in [0.15, 0.2) is 47.1 Å². The summed E-state index contributed by atoms with van der Waals surface area (Å²) in [5, 5.41) is 0. The van der Waals surface area contributed by atoms with E-state index in [9.17, 15) is 22.0 Å². The van der Waals surface area contributed by atoms with Crippen molar-refractivity contribution >= 4 is 35.3 Å². The topological polar surface area (TPSA) is 41.6 Å². The molecule has 2 aromatic rings. The van der Waals surface area contributed by atoms with E-state index in [1.54, 1.807) is 26.0 Å². The molecule has 0 unspecified atom stereocenters. The van der Waals surface area contributed by atoms with Gasteiger partial charge in [-0.15, -0.1) is 0 Å². The van der Waals surface area contributed by atoms with E-state index < -0.39 is 29.1 Å². The van der Waals surface area contributed by atoms with E-state index in [0.29, 0.717) is 51.5 Å². The molecule has 1 aliphatic heterocycles. The summed E-state index contributed by atoms with van der Waals surface area (Å²) in [5.41, 5.74) is 11.1. The second-order valence-electron chi connectivity index (χ2n) is 10.4. The Balaban J connectivity index is 2.23. The van der Waals surface area contributed by atoms with Gasteiger partial charge in [0.15, 0.2) is 0 Å².